The summed E-state index contributed by atoms with van der Waals surface area (Å²) in [6, 6.07) is 8.78. The number of methoxy groups -OCH3 is 1. The van der Waals surface area contributed by atoms with Crippen LogP contribution in [0, 0.1) is 0 Å². The minimum absolute atomic E-state index is 0.0673. The lowest BCUT2D eigenvalue weighted by atomic mass is 10.2. The number of nitrogens with zero attached hydrogens (tertiary/aromatic N) is 3. The molecule has 0 saturated carbocycles. The molecule has 3 rings (SSSR count). The van der Waals surface area contributed by atoms with E-state index in [0.29, 0.717) is 49.1 Å². The zero-order valence-corrected chi connectivity index (χ0v) is 17.8. The third kappa shape index (κ3) is 5.30. The van der Waals surface area contributed by atoms with Crippen molar-refractivity contribution in [2.45, 2.75) is 6.92 Å². The lowest BCUT2D eigenvalue weighted by Gasteiger charge is -2.35. The molecule has 2 heterocycles. The van der Waals surface area contributed by atoms with Crippen LogP contribution in [0.15, 0.2) is 42.6 Å². The molecule has 0 unspecified atom stereocenters. The first-order valence-corrected chi connectivity index (χ1v) is 10.1. The van der Waals surface area contributed by atoms with Crippen molar-refractivity contribution >= 4 is 35.4 Å². The number of aromatic nitrogens is 1. The lowest BCUT2D eigenvalue weighted by Crippen LogP contribution is -2.48. The largest absolute Gasteiger partial charge is 0.496 e. The molecule has 1 fully saturated rings. The Morgan fingerprint density at radius 2 is 1.93 bits per heavy atom. The second-order valence-corrected chi connectivity index (χ2v) is 7.09. The third-order valence-corrected chi connectivity index (χ3v) is 5.01. The van der Waals surface area contributed by atoms with E-state index in [2.05, 4.69) is 9.88 Å². The van der Waals surface area contributed by atoms with Crippen LogP contribution < -0.4 is 9.64 Å². The summed E-state index contributed by atoms with van der Waals surface area (Å²) in [7, 11) is 1.58. The standard InChI is InChI=1S/C22H24ClN3O4/c1-3-30-22(28)17-4-8-20(24-15-17)25-10-12-26(13-11-25)21(27)9-5-16-14-18(23)6-7-19(16)29-2/h4-9,14-15H,3,10-13H2,1-2H3/b9-5+. The Bertz CT molecular complexity index is 922. The van der Waals surface area contributed by atoms with Crippen LogP contribution in [0.2, 0.25) is 5.02 Å². The SMILES string of the molecule is CCOC(=O)c1ccc(N2CCN(C(=O)/C=C/c3cc(Cl)ccc3OC)CC2)nc1. The molecule has 7 nitrogen and oxygen atoms in total. The number of carbonyl (C=O) groups excluding carboxylic acids is 2. The van der Waals surface area contributed by atoms with E-state index >= 15 is 0 Å². The normalized spacial score (nSPS) is 14.1. The molecular weight excluding hydrogens is 406 g/mol. The van der Waals surface area contributed by atoms with Crippen LogP contribution in [0.25, 0.3) is 6.08 Å². The lowest BCUT2D eigenvalue weighted by molar-refractivity contribution is -0.126. The minimum Gasteiger partial charge on any atom is -0.496 e. The number of hydrogen-bond donors (Lipinski definition) is 0. The highest BCUT2D eigenvalue weighted by atomic mass is 35.5. The summed E-state index contributed by atoms with van der Waals surface area (Å²) in [5.41, 5.74) is 1.18. The molecule has 0 spiro atoms. The summed E-state index contributed by atoms with van der Waals surface area (Å²) >= 11 is 6.03. The van der Waals surface area contributed by atoms with Crippen molar-refractivity contribution in [1.82, 2.24) is 9.88 Å². The van der Waals surface area contributed by atoms with Crippen molar-refractivity contribution in [3.8, 4) is 5.75 Å². The molecule has 0 aliphatic carbocycles. The van der Waals surface area contributed by atoms with Crippen molar-refractivity contribution in [3.05, 3.63) is 58.8 Å². The molecule has 30 heavy (non-hydrogen) atoms. The van der Waals surface area contributed by atoms with Gasteiger partial charge in [-0.25, -0.2) is 9.78 Å². The Labute approximate surface area is 180 Å². The van der Waals surface area contributed by atoms with E-state index in [1.807, 2.05) is 0 Å². The second kappa shape index (κ2) is 10.1. The number of carbonyl (C=O) groups is 2. The molecule has 2 aromatic rings. The summed E-state index contributed by atoms with van der Waals surface area (Å²) in [6.07, 6.45) is 4.78. The maximum Gasteiger partial charge on any atom is 0.339 e. The van der Waals surface area contributed by atoms with Gasteiger partial charge in [0.1, 0.15) is 11.6 Å². The first-order chi connectivity index (χ1) is 14.5. The fraction of sp³-hybridized carbons (Fsp3) is 0.318. The monoisotopic (exact) mass is 429 g/mol. The van der Waals surface area contributed by atoms with Crippen LogP contribution in [-0.4, -0.2) is 61.7 Å². The van der Waals surface area contributed by atoms with E-state index in [-0.39, 0.29) is 11.9 Å². The van der Waals surface area contributed by atoms with E-state index in [1.165, 1.54) is 12.3 Å². The summed E-state index contributed by atoms with van der Waals surface area (Å²) in [5.74, 6) is 0.984. The van der Waals surface area contributed by atoms with Gasteiger partial charge < -0.3 is 19.3 Å². The van der Waals surface area contributed by atoms with Crippen LogP contribution >= 0.6 is 11.6 Å². The van der Waals surface area contributed by atoms with Crippen molar-refractivity contribution in [2.24, 2.45) is 0 Å². The van der Waals surface area contributed by atoms with Gasteiger partial charge in [-0.1, -0.05) is 11.6 Å². The van der Waals surface area contributed by atoms with Crippen LogP contribution in [0.3, 0.4) is 0 Å². The molecule has 0 bridgehead atoms. The van der Waals surface area contributed by atoms with Crippen LogP contribution in [-0.2, 0) is 9.53 Å². The second-order valence-electron chi connectivity index (χ2n) is 6.66. The average Bonchev–Trinajstić information content (AvgIpc) is 2.78. The van der Waals surface area contributed by atoms with Crippen molar-refractivity contribution in [3.63, 3.8) is 0 Å². The van der Waals surface area contributed by atoms with Crippen LogP contribution in [0.4, 0.5) is 5.82 Å². The van der Waals surface area contributed by atoms with Gasteiger partial charge in [-0.3, -0.25) is 4.79 Å². The van der Waals surface area contributed by atoms with E-state index in [4.69, 9.17) is 21.1 Å². The smallest absolute Gasteiger partial charge is 0.339 e. The predicted molar refractivity (Wildman–Crippen MR) is 116 cm³/mol. The molecule has 8 heteroatoms. The Hall–Kier alpha value is -3.06. The van der Waals surface area contributed by atoms with Crippen LogP contribution in [0.1, 0.15) is 22.8 Å². The molecule has 0 radical (unpaired) electrons. The molecule has 1 aromatic carbocycles. The number of piperazine rings is 1. The van der Waals surface area contributed by atoms with Gasteiger partial charge in [0.05, 0.1) is 19.3 Å². The van der Waals surface area contributed by atoms with Gasteiger partial charge in [0.2, 0.25) is 5.91 Å². The van der Waals surface area contributed by atoms with Gasteiger partial charge in [0.15, 0.2) is 0 Å². The number of anilines is 1. The summed E-state index contributed by atoms with van der Waals surface area (Å²) in [5, 5.41) is 0.581. The first-order valence-electron chi connectivity index (χ1n) is 9.70. The molecule has 1 amide bonds. The number of amides is 1. The van der Waals surface area contributed by atoms with E-state index in [0.717, 1.165) is 11.4 Å². The highest BCUT2D eigenvalue weighted by Crippen LogP contribution is 2.24. The number of halogens is 1. The number of benzene rings is 1. The van der Waals surface area contributed by atoms with Gasteiger partial charge in [-0.15, -0.1) is 0 Å². The molecular formula is C22H24ClN3O4. The van der Waals surface area contributed by atoms with E-state index in [1.54, 1.807) is 55.3 Å². The van der Waals surface area contributed by atoms with Gasteiger partial charge in [0.25, 0.3) is 0 Å². The van der Waals surface area contributed by atoms with Crippen molar-refractivity contribution in [2.75, 3.05) is 44.8 Å². The third-order valence-electron chi connectivity index (χ3n) is 4.77. The maximum atomic E-state index is 12.6. The van der Waals surface area contributed by atoms with Gasteiger partial charge in [0, 0.05) is 49.0 Å². The quantitative estimate of drug-likeness (QED) is 0.518. The predicted octanol–water partition coefficient (Wildman–Crippen LogP) is 3.28. The molecule has 1 aliphatic rings. The van der Waals surface area contributed by atoms with Gasteiger partial charge >= 0.3 is 5.97 Å². The molecule has 0 atom stereocenters. The fourth-order valence-corrected chi connectivity index (χ4v) is 3.35. The number of pyridine rings is 1. The average molecular weight is 430 g/mol. The number of esters is 1. The zero-order valence-electron chi connectivity index (χ0n) is 17.0. The van der Waals surface area contributed by atoms with Crippen LogP contribution in [0.5, 0.6) is 5.75 Å². The summed E-state index contributed by atoms with van der Waals surface area (Å²) in [6.45, 7) is 4.57. The maximum absolute atomic E-state index is 12.6. The molecule has 1 saturated heterocycles. The highest BCUT2D eigenvalue weighted by Gasteiger charge is 2.21. The summed E-state index contributed by atoms with van der Waals surface area (Å²) in [4.78, 5) is 32.5. The Balaban J connectivity index is 1.57. The molecule has 158 valence electrons. The van der Waals surface area contributed by atoms with Gasteiger partial charge in [-0.05, 0) is 43.3 Å². The van der Waals surface area contributed by atoms with E-state index in [9.17, 15) is 9.59 Å². The Morgan fingerprint density at radius 3 is 2.57 bits per heavy atom. The van der Waals surface area contributed by atoms with E-state index < -0.39 is 0 Å². The fourth-order valence-electron chi connectivity index (χ4n) is 3.17. The molecule has 1 aromatic heterocycles. The Morgan fingerprint density at radius 1 is 1.17 bits per heavy atom. The minimum atomic E-state index is -0.380. The highest BCUT2D eigenvalue weighted by molar-refractivity contribution is 6.30. The zero-order chi connectivity index (χ0) is 21.5. The Kier molecular flexibility index (Phi) is 7.30. The number of rotatable bonds is 6. The van der Waals surface area contributed by atoms with Crippen molar-refractivity contribution in [1.29, 1.82) is 0 Å². The molecule has 0 N–H and O–H groups in total. The topological polar surface area (TPSA) is 72.0 Å². The van der Waals surface area contributed by atoms with Gasteiger partial charge in [-0.2, -0.15) is 0 Å². The number of ether oxygens (including phenoxy) is 2. The number of hydrogen-bond acceptors (Lipinski definition) is 6. The van der Waals surface area contributed by atoms with Crippen molar-refractivity contribution < 1.29 is 19.1 Å². The molecule has 1 aliphatic heterocycles. The first kappa shape index (κ1) is 21.6. The summed E-state index contributed by atoms with van der Waals surface area (Å²) < 4.78 is 10.3.